The number of aromatic nitrogens is 4. The van der Waals surface area contributed by atoms with Gasteiger partial charge in [0.2, 0.25) is 15.8 Å². The van der Waals surface area contributed by atoms with Crippen molar-refractivity contribution in [2.24, 2.45) is 5.92 Å². The van der Waals surface area contributed by atoms with Gasteiger partial charge in [0.1, 0.15) is 0 Å². The van der Waals surface area contributed by atoms with Crippen LogP contribution in [0.4, 0.5) is 5.69 Å². The predicted molar refractivity (Wildman–Crippen MR) is 113 cm³/mol. The molecular weight excluding hydrogens is 404 g/mol. The monoisotopic (exact) mass is 428 g/mol. The van der Waals surface area contributed by atoms with E-state index in [9.17, 15) is 13.2 Å². The van der Waals surface area contributed by atoms with Crippen molar-refractivity contribution in [1.82, 2.24) is 24.5 Å². The summed E-state index contributed by atoms with van der Waals surface area (Å²) < 4.78 is 25.5. The standard InChI is InChI=1S/C20H24N6O3S/c1-14(2)18(26-23-19(22-24-26)15-8-6-5-7-9-15)20(27)21-16-10-12-17(13-11-16)30(28,29)25(3)4/h5-14,18H,1-4H3,(H,21,27). The number of hydrogen-bond donors (Lipinski definition) is 1. The minimum atomic E-state index is -3.53. The van der Waals surface area contributed by atoms with Crippen molar-refractivity contribution >= 4 is 21.6 Å². The minimum Gasteiger partial charge on any atom is -0.324 e. The molecule has 30 heavy (non-hydrogen) atoms. The Morgan fingerprint density at radius 2 is 1.67 bits per heavy atom. The Morgan fingerprint density at radius 3 is 2.23 bits per heavy atom. The van der Waals surface area contributed by atoms with Crippen molar-refractivity contribution in [2.45, 2.75) is 24.8 Å². The van der Waals surface area contributed by atoms with Gasteiger partial charge in [-0.05, 0) is 35.4 Å². The average molecular weight is 429 g/mol. The molecule has 1 amide bonds. The highest BCUT2D eigenvalue weighted by atomic mass is 32.2. The number of anilines is 1. The van der Waals surface area contributed by atoms with Crippen molar-refractivity contribution in [1.29, 1.82) is 0 Å². The molecule has 2 aromatic carbocycles. The summed E-state index contributed by atoms with van der Waals surface area (Å²) in [5.41, 5.74) is 1.29. The van der Waals surface area contributed by atoms with Crippen LogP contribution in [0.5, 0.6) is 0 Å². The molecule has 0 bridgehead atoms. The van der Waals surface area contributed by atoms with Crippen LogP contribution in [0, 0.1) is 5.92 Å². The number of rotatable bonds is 7. The zero-order chi connectivity index (χ0) is 21.9. The van der Waals surface area contributed by atoms with E-state index >= 15 is 0 Å². The number of nitrogens with zero attached hydrogens (tertiary/aromatic N) is 5. The summed E-state index contributed by atoms with van der Waals surface area (Å²) in [6, 6.07) is 14.7. The van der Waals surface area contributed by atoms with Gasteiger partial charge in [0.25, 0.3) is 5.91 Å². The summed E-state index contributed by atoms with van der Waals surface area (Å²) in [7, 11) is -0.600. The van der Waals surface area contributed by atoms with Gasteiger partial charge in [0.15, 0.2) is 6.04 Å². The number of amides is 1. The number of carbonyl (C=O) groups excluding carboxylic acids is 1. The van der Waals surface area contributed by atoms with Crippen LogP contribution in [0.3, 0.4) is 0 Å². The average Bonchev–Trinajstić information content (AvgIpc) is 3.18. The number of sulfonamides is 1. The van der Waals surface area contributed by atoms with Crippen molar-refractivity contribution in [2.75, 3.05) is 19.4 Å². The van der Waals surface area contributed by atoms with Crippen molar-refractivity contribution < 1.29 is 13.2 Å². The molecule has 1 atom stereocenters. The third-order valence-corrected chi connectivity index (χ3v) is 6.34. The second-order valence-corrected chi connectivity index (χ2v) is 9.44. The van der Waals surface area contributed by atoms with Gasteiger partial charge in [-0.2, -0.15) is 4.80 Å². The van der Waals surface area contributed by atoms with Gasteiger partial charge < -0.3 is 5.32 Å². The Labute approximate surface area is 175 Å². The van der Waals surface area contributed by atoms with Gasteiger partial charge in [-0.15, -0.1) is 10.2 Å². The van der Waals surface area contributed by atoms with E-state index in [1.807, 2.05) is 44.2 Å². The second kappa shape index (κ2) is 8.72. The van der Waals surface area contributed by atoms with E-state index in [4.69, 9.17) is 0 Å². The van der Waals surface area contributed by atoms with Crippen molar-refractivity contribution in [3.63, 3.8) is 0 Å². The maximum absolute atomic E-state index is 12.9. The highest BCUT2D eigenvalue weighted by molar-refractivity contribution is 7.89. The molecule has 1 N–H and O–H groups in total. The molecule has 3 rings (SSSR count). The number of nitrogens with one attached hydrogen (secondary N) is 1. The molecular formula is C20H24N6O3S. The largest absolute Gasteiger partial charge is 0.324 e. The first-order chi connectivity index (χ1) is 14.2. The fourth-order valence-corrected chi connectivity index (χ4v) is 3.76. The van der Waals surface area contributed by atoms with Crippen LogP contribution >= 0.6 is 0 Å². The molecule has 10 heteroatoms. The number of tetrazole rings is 1. The normalized spacial score (nSPS) is 12.9. The van der Waals surface area contributed by atoms with Crippen LogP contribution in [0.25, 0.3) is 11.4 Å². The molecule has 0 aliphatic rings. The molecule has 0 fully saturated rings. The third kappa shape index (κ3) is 4.55. The zero-order valence-corrected chi connectivity index (χ0v) is 18.0. The number of carbonyl (C=O) groups is 1. The lowest BCUT2D eigenvalue weighted by Crippen LogP contribution is -2.31. The molecule has 3 aromatic rings. The van der Waals surface area contributed by atoms with Crippen LogP contribution < -0.4 is 5.32 Å². The smallest absolute Gasteiger partial charge is 0.251 e. The Bertz CT molecular complexity index is 1110. The lowest BCUT2D eigenvalue weighted by molar-refractivity contribution is -0.121. The summed E-state index contributed by atoms with van der Waals surface area (Å²) in [6.07, 6.45) is 0. The molecule has 9 nitrogen and oxygen atoms in total. The molecule has 0 radical (unpaired) electrons. The summed E-state index contributed by atoms with van der Waals surface area (Å²) in [6.45, 7) is 3.78. The Hall–Kier alpha value is -3.11. The van der Waals surface area contributed by atoms with E-state index < -0.39 is 16.1 Å². The van der Waals surface area contributed by atoms with Gasteiger partial charge in [-0.25, -0.2) is 12.7 Å². The molecule has 1 unspecified atom stereocenters. The van der Waals surface area contributed by atoms with E-state index in [1.54, 1.807) is 12.1 Å². The first kappa shape index (κ1) is 21.6. The summed E-state index contributed by atoms with van der Waals surface area (Å²) in [5, 5.41) is 15.3. The van der Waals surface area contributed by atoms with Crippen molar-refractivity contribution in [3.8, 4) is 11.4 Å². The van der Waals surface area contributed by atoms with Gasteiger partial charge in [-0.1, -0.05) is 44.2 Å². The highest BCUT2D eigenvalue weighted by Crippen LogP contribution is 2.22. The molecule has 0 saturated heterocycles. The van der Waals surface area contributed by atoms with Crippen LogP contribution in [0.15, 0.2) is 59.5 Å². The topological polar surface area (TPSA) is 110 Å². The maximum Gasteiger partial charge on any atom is 0.251 e. The molecule has 158 valence electrons. The predicted octanol–water partition coefficient (Wildman–Crippen LogP) is 2.43. The summed E-state index contributed by atoms with van der Waals surface area (Å²) in [4.78, 5) is 14.4. The van der Waals surface area contributed by atoms with Crippen LogP contribution in [-0.2, 0) is 14.8 Å². The van der Waals surface area contributed by atoms with Gasteiger partial charge in [0, 0.05) is 25.3 Å². The molecule has 1 heterocycles. The molecule has 1 aromatic heterocycles. The second-order valence-electron chi connectivity index (χ2n) is 7.29. The fraction of sp³-hybridized carbons (Fsp3) is 0.300. The van der Waals surface area contributed by atoms with Crippen LogP contribution in [-0.4, -0.2) is 52.9 Å². The Balaban J connectivity index is 1.79. The van der Waals surface area contributed by atoms with E-state index in [0.29, 0.717) is 11.5 Å². The third-order valence-electron chi connectivity index (χ3n) is 4.51. The van der Waals surface area contributed by atoms with Gasteiger partial charge in [-0.3, -0.25) is 4.79 Å². The number of benzene rings is 2. The minimum absolute atomic E-state index is 0.101. The fourth-order valence-electron chi connectivity index (χ4n) is 2.86. The Morgan fingerprint density at radius 1 is 1.03 bits per heavy atom. The van der Waals surface area contributed by atoms with E-state index in [1.165, 1.54) is 31.0 Å². The first-order valence-corrected chi connectivity index (χ1v) is 10.8. The quantitative estimate of drug-likeness (QED) is 0.619. The molecule has 0 aliphatic carbocycles. The Kier molecular flexibility index (Phi) is 6.28. The lowest BCUT2D eigenvalue weighted by atomic mass is 10.0. The van der Waals surface area contributed by atoms with Crippen LogP contribution in [0.2, 0.25) is 0 Å². The van der Waals surface area contributed by atoms with E-state index in [0.717, 1.165) is 9.87 Å². The molecule has 0 saturated carbocycles. The zero-order valence-electron chi connectivity index (χ0n) is 17.2. The summed E-state index contributed by atoms with van der Waals surface area (Å²) >= 11 is 0. The van der Waals surface area contributed by atoms with E-state index in [-0.39, 0.29) is 16.7 Å². The highest BCUT2D eigenvalue weighted by Gasteiger charge is 2.27. The molecule has 0 spiro atoms. The van der Waals surface area contributed by atoms with Gasteiger partial charge in [0.05, 0.1) is 4.90 Å². The van der Waals surface area contributed by atoms with E-state index in [2.05, 4.69) is 20.7 Å². The molecule has 0 aliphatic heterocycles. The van der Waals surface area contributed by atoms with Crippen molar-refractivity contribution in [3.05, 3.63) is 54.6 Å². The maximum atomic E-state index is 12.9. The number of hydrogen-bond acceptors (Lipinski definition) is 6. The van der Waals surface area contributed by atoms with Gasteiger partial charge >= 0.3 is 0 Å². The van der Waals surface area contributed by atoms with Crippen LogP contribution in [0.1, 0.15) is 19.9 Å². The first-order valence-electron chi connectivity index (χ1n) is 9.38. The SMILES string of the molecule is CC(C)C(C(=O)Nc1ccc(S(=O)(=O)N(C)C)cc1)n1nnc(-c2ccccc2)n1. The summed E-state index contributed by atoms with van der Waals surface area (Å²) in [5.74, 6) is 0.0220. The lowest BCUT2D eigenvalue weighted by Gasteiger charge is -2.19.